The summed E-state index contributed by atoms with van der Waals surface area (Å²) in [5, 5.41) is 9.98. The van der Waals surface area contributed by atoms with Crippen LogP contribution in [-0.2, 0) is 10.5 Å². The van der Waals surface area contributed by atoms with E-state index in [9.17, 15) is 4.79 Å². The van der Waals surface area contributed by atoms with Crippen molar-refractivity contribution in [2.45, 2.75) is 49.1 Å². The van der Waals surface area contributed by atoms with Gasteiger partial charge in [-0.3, -0.25) is 4.57 Å². The molecule has 0 N–H and O–H groups in total. The molecule has 0 radical (unpaired) electrons. The standard InChI is InChI=1S/C19H24N4O2S/c1-25-17(24)15-7-5-6-14(12-15)13-26-19-21-20-18(23(19)16-8-9-16)22-10-3-2-4-11-22/h5-7,12,16H,2-4,8-11,13H2,1H3. The number of hydrogen-bond donors (Lipinski definition) is 0. The van der Waals surface area contributed by atoms with Crippen LogP contribution < -0.4 is 4.90 Å². The summed E-state index contributed by atoms with van der Waals surface area (Å²) in [6.07, 6.45) is 6.21. The highest BCUT2D eigenvalue weighted by Gasteiger charge is 2.32. The summed E-state index contributed by atoms with van der Waals surface area (Å²) in [7, 11) is 1.41. The van der Waals surface area contributed by atoms with Gasteiger partial charge in [-0.1, -0.05) is 23.9 Å². The van der Waals surface area contributed by atoms with Gasteiger partial charge in [-0.2, -0.15) is 0 Å². The number of carbonyl (C=O) groups is 1. The SMILES string of the molecule is COC(=O)c1cccc(CSc2nnc(N3CCCCC3)n2C2CC2)c1. The van der Waals surface area contributed by atoms with Crippen molar-refractivity contribution in [2.75, 3.05) is 25.1 Å². The molecule has 2 heterocycles. The Morgan fingerprint density at radius 2 is 2.04 bits per heavy atom. The monoisotopic (exact) mass is 372 g/mol. The molecule has 6 nitrogen and oxygen atoms in total. The molecular weight excluding hydrogens is 348 g/mol. The zero-order chi connectivity index (χ0) is 17.9. The van der Waals surface area contributed by atoms with Crippen LogP contribution in [0.2, 0.25) is 0 Å². The molecule has 0 unspecified atom stereocenters. The van der Waals surface area contributed by atoms with Gasteiger partial charge in [0.1, 0.15) is 0 Å². The van der Waals surface area contributed by atoms with E-state index in [1.807, 2.05) is 18.2 Å². The number of benzene rings is 1. The second-order valence-electron chi connectivity index (χ2n) is 6.91. The van der Waals surface area contributed by atoms with E-state index in [2.05, 4.69) is 19.7 Å². The molecule has 1 aromatic heterocycles. The largest absolute Gasteiger partial charge is 0.465 e. The molecular formula is C19H24N4O2S. The van der Waals surface area contributed by atoms with E-state index in [1.54, 1.807) is 17.8 Å². The first-order valence-corrected chi connectivity index (χ1v) is 10.2. The number of rotatable bonds is 6. The third-order valence-electron chi connectivity index (χ3n) is 4.91. The summed E-state index contributed by atoms with van der Waals surface area (Å²) in [5.74, 6) is 1.50. The van der Waals surface area contributed by atoms with E-state index in [-0.39, 0.29) is 5.97 Å². The average molecular weight is 372 g/mol. The minimum atomic E-state index is -0.301. The first kappa shape index (κ1) is 17.4. The predicted octanol–water partition coefficient (Wildman–Crippen LogP) is 3.68. The van der Waals surface area contributed by atoms with Crippen LogP contribution in [0, 0.1) is 0 Å². The summed E-state index contributed by atoms with van der Waals surface area (Å²) in [4.78, 5) is 14.1. The highest BCUT2D eigenvalue weighted by atomic mass is 32.2. The predicted molar refractivity (Wildman–Crippen MR) is 102 cm³/mol. The number of hydrogen-bond acceptors (Lipinski definition) is 6. The number of nitrogens with zero attached hydrogens (tertiary/aromatic N) is 4. The Bertz CT molecular complexity index is 782. The molecule has 2 aliphatic rings. The minimum absolute atomic E-state index is 0.301. The van der Waals surface area contributed by atoms with Crippen molar-refractivity contribution in [1.29, 1.82) is 0 Å². The second-order valence-corrected chi connectivity index (χ2v) is 7.85. The third kappa shape index (κ3) is 3.72. The fourth-order valence-electron chi connectivity index (χ4n) is 3.38. The maximum Gasteiger partial charge on any atom is 0.337 e. The van der Waals surface area contributed by atoms with Crippen LogP contribution in [0.1, 0.15) is 54.1 Å². The molecule has 138 valence electrons. The third-order valence-corrected chi connectivity index (χ3v) is 5.93. The maximum absolute atomic E-state index is 11.7. The lowest BCUT2D eigenvalue weighted by atomic mass is 10.1. The van der Waals surface area contributed by atoms with E-state index in [1.165, 1.54) is 39.2 Å². The molecule has 0 amide bonds. The van der Waals surface area contributed by atoms with Gasteiger partial charge >= 0.3 is 5.97 Å². The summed E-state index contributed by atoms with van der Waals surface area (Å²) < 4.78 is 7.14. The van der Waals surface area contributed by atoms with Gasteiger partial charge < -0.3 is 9.64 Å². The van der Waals surface area contributed by atoms with E-state index in [0.717, 1.165) is 35.5 Å². The number of aromatic nitrogens is 3. The lowest BCUT2D eigenvalue weighted by Crippen LogP contribution is -2.31. The summed E-state index contributed by atoms with van der Waals surface area (Å²) in [6, 6.07) is 8.14. The number of esters is 1. The fraction of sp³-hybridized carbons (Fsp3) is 0.526. The maximum atomic E-state index is 11.7. The second kappa shape index (κ2) is 7.70. The molecule has 1 aliphatic heterocycles. The Morgan fingerprint density at radius 1 is 1.23 bits per heavy atom. The molecule has 2 fully saturated rings. The van der Waals surface area contributed by atoms with Gasteiger partial charge in [-0.25, -0.2) is 4.79 Å². The number of methoxy groups -OCH3 is 1. The van der Waals surface area contributed by atoms with Gasteiger partial charge in [-0.15, -0.1) is 10.2 Å². The highest BCUT2D eigenvalue weighted by Crippen LogP contribution is 2.41. The molecule has 2 aromatic rings. The van der Waals surface area contributed by atoms with Gasteiger partial charge in [0.15, 0.2) is 5.16 Å². The van der Waals surface area contributed by atoms with Crippen molar-refractivity contribution >= 4 is 23.7 Å². The molecule has 0 bridgehead atoms. The summed E-state index contributed by atoms with van der Waals surface area (Å²) >= 11 is 1.69. The molecule has 1 aromatic carbocycles. The van der Waals surface area contributed by atoms with Crippen LogP contribution in [0.3, 0.4) is 0 Å². The van der Waals surface area contributed by atoms with Gasteiger partial charge in [-0.05, 0) is 49.8 Å². The van der Waals surface area contributed by atoms with Crippen LogP contribution in [0.15, 0.2) is 29.4 Å². The quantitative estimate of drug-likeness (QED) is 0.569. The van der Waals surface area contributed by atoms with Gasteiger partial charge in [0.25, 0.3) is 0 Å². The zero-order valence-electron chi connectivity index (χ0n) is 15.1. The van der Waals surface area contributed by atoms with Crippen LogP contribution in [-0.4, -0.2) is 40.9 Å². The van der Waals surface area contributed by atoms with Crippen LogP contribution in [0.25, 0.3) is 0 Å². The van der Waals surface area contributed by atoms with Crippen molar-refractivity contribution in [3.05, 3.63) is 35.4 Å². The first-order valence-electron chi connectivity index (χ1n) is 9.26. The van der Waals surface area contributed by atoms with Crippen molar-refractivity contribution < 1.29 is 9.53 Å². The van der Waals surface area contributed by atoms with Crippen LogP contribution in [0.4, 0.5) is 5.95 Å². The molecule has 4 rings (SSSR count). The summed E-state index contributed by atoms with van der Waals surface area (Å²) in [5.41, 5.74) is 1.67. The number of piperidine rings is 1. The van der Waals surface area contributed by atoms with E-state index in [0.29, 0.717) is 11.6 Å². The van der Waals surface area contributed by atoms with Crippen molar-refractivity contribution in [3.8, 4) is 0 Å². The molecule has 7 heteroatoms. The van der Waals surface area contributed by atoms with Gasteiger partial charge in [0, 0.05) is 24.9 Å². The van der Waals surface area contributed by atoms with E-state index < -0.39 is 0 Å². The van der Waals surface area contributed by atoms with Crippen molar-refractivity contribution in [2.24, 2.45) is 0 Å². The lowest BCUT2D eigenvalue weighted by Gasteiger charge is -2.27. The summed E-state index contributed by atoms with van der Waals surface area (Å²) in [6.45, 7) is 2.16. The smallest absolute Gasteiger partial charge is 0.337 e. The highest BCUT2D eigenvalue weighted by molar-refractivity contribution is 7.98. The van der Waals surface area contributed by atoms with E-state index >= 15 is 0 Å². The zero-order valence-corrected chi connectivity index (χ0v) is 15.9. The first-order chi connectivity index (χ1) is 12.8. The molecule has 0 atom stereocenters. The minimum Gasteiger partial charge on any atom is -0.465 e. The Labute approximate surface area is 157 Å². The average Bonchev–Trinajstić information content (AvgIpc) is 3.45. The molecule has 1 saturated heterocycles. The Balaban J connectivity index is 1.50. The molecule has 0 spiro atoms. The van der Waals surface area contributed by atoms with Gasteiger partial charge in [0.05, 0.1) is 12.7 Å². The Hall–Kier alpha value is -2.02. The fourth-order valence-corrected chi connectivity index (χ4v) is 4.33. The number of ether oxygens (including phenoxy) is 1. The van der Waals surface area contributed by atoms with Crippen molar-refractivity contribution in [1.82, 2.24) is 14.8 Å². The van der Waals surface area contributed by atoms with Crippen molar-refractivity contribution in [3.63, 3.8) is 0 Å². The Kier molecular flexibility index (Phi) is 5.15. The lowest BCUT2D eigenvalue weighted by molar-refractivity contribution is 0.0600. The Morgan fingerprint density at radius 3 is 2.77 bits per heavy atom. The molecule has 1 aliphatic carbocycles. The van der Waals surface area contributed by atoms with E-state index in [4.69, 9.17) is 4.74 Å². The molecule has 26 heavy (non-hydrogen) atoms. The van der Waals surface area contributed by atoms with Crippen LogP contribution >= 0.6 is 11.8 Å². The van der Waals surface area contributed by atoms with Crippen LogP contribution in [0.5, 0.6) is 0 Å². The number of thioether (sulfide) groups is 1. The molecule has 1 saturated carbocycles. The number of anilines is 1. The number of carbonyl (C=O) groups excluding carboxylic acids is 1. The normalized spacial score (nSPS) is 17.3. The topological polar surface area (TPSA) is 60.2 Å². The van der Waals surface area contributed by atoms with Gasteiger partial charge in [0.2, 0.25) is 5.95 Å².